The summed E-state index contributed by atoms with van der Waals surface area (Å²) in [6, 6.07) is 8.22. The molecule has 7 heteroatoms. The van der Waals surface area contributed by atoms with Crippen molar-refractivity contribution in [2.75, 3.05) is 35.7 Å². The normalized spacial score (nSPS) is 15.0. The predicted octanol–water partition coefficient (Wildman–Crippen LogP) is 3.42. The Morgan fingerprint density at radius 3 is 2.67 bits per heavy atom. The molecule has 1 saturated heterocycles. The van der Waals surface area contributed by atoms with Crippen molar-refractivity contribution in [3.05, 3.63) is 35.3 Å². The number of hydrogen-bond donors (Lipinski definition) is 3. The van der Waals surface area contributed by atoms with Crippen LogP contribution < -0.4 is 16.0 Å². The molecule has 0 radical (unpaired) electrons. The van der Waals surface area contributed by atoms with Crippen LogP contribution in [0.25, 0.3) is 0 Å². The quantitative estimate of drug-likeness (QED) is 0.747. The summed E-state index contributed by atoms with van der Waals surface area (Å²) < 4.78 is 5.36. The maximum absolute atomic E-state index is 12.2. The summed E-state index contributed by atoms with van der Waals surface area (Å²) in [5.74, 6) is -0.194. The zero-order chi connectivity index (χ0) is 16.8. The molecule has 0 unspecified atom stereocenters. The molecule has 3 rings (SSSR count). The smallest absolute Gasteiger partial charge is 0.275 e. The molecular weight excluding hydrogens is 324 g/mol. The number of hydrogen-bond acceptors (Lipinski definition) is 6. The third kappa shape index (κ3) is 4.46. The molecule has 24 heavy (non-hydrogen) atoms. The topological polar surface area (TPSA) is 75.3 Å². The van der Waals surface area contributed by atoms with Crippen molar-refractivity contribution in [3.63, 3.8) is 0 Å². The molecule has 1 aromatic carbocycles. The summed E-state index contributed by atoms with van der Waals surface area (Å²) in [6.45, 7) is 4.41. The number of anilines is 3. The molecule has 1 fully saturated rings. The lowest BCUT2D eigenvalue weighted by molar-refractivity contribution is 0.0904. The fourth-order valence-corrected chi connectivity index (χ4v) is 3.29. The van der Waals surface area contributed by atoms with Gasteiger partial charge in [0.1, 0.15) is 5.69 Å². The zero-order valence-corrected chi connectivity index (χ0v) is 14.5. The summed E-state index contributed by atoms with van der Waals surface area (Å²) in [6.07, 6.45) is 2.05. The number of aromatic nitrogens is 1. The van der Waals surface area contributed by atoms with Crippen LogP contribution in [0.1, 0.15) is 30.3 Å². The fourth-order valence-electron chi connectivity index (χ4n) is 2.53. The third-order valence-corrected chi connectivity index (χ3v) is 4.60. The van der Waals surface area contributed by atoms with Crippen LogP contribution in [0.4, 0.5) is 16.5 Å². The van der Waals surface area contributed by atoms with E-state index < -0.39 is 0 Å². The Labute approximate surface area is 145 Å². The van der Waals surface area contributed by atoms with Gasteiger partial charge >= 0.3 is 0 Å². The maximum Gasteiger partial charge on any atom is 0.275 e. The van der Waals surface area contributed by atoms with Crippen LogP contribution in [-0.2, 0) is 4.74 Å². The van der Waals surface area contributed by atoms with Gasteiger partial charge in [0.15, 0.2) is 5.13 Å². The van der Waals surface area contributed by atoms with Gasteiger partial charge in [0.2, 0.25) is 0 Å². The summed E-state index contributed by atoms with van der Waals surface area (Å²) in [5, 5.41) is 12.0. The number of benzene rings is 1. The van der Waals surface area contributed by atoms with Crippen molar-refractivity contribution in [2.45, 2.75) is 25.8 Å². The second kappa shape index (κ2) is 8.12. The standard InChI is InChI=1S/C17H22N4O2S/c1-2-18-17-21-15(11-24-17)16(22)20-13-5-3-12(4-6-13)19-14-7-9-23-10-8-14/h3-6,11,14,19H,2,7-10H2,1H3,(H,18,21)(H,20,22). The number of amides is 1. The molecule has 0 atom stereocenters. The first-order valence-corrected chi connectivity index (χ1v) is 9.07. The second-order valence-electron chi connectivity index (χ2n) is 5.63. The molecular formula is C17H22N4O2S. The van der Waals surface area contributed by atoms with Crippen LogP contribution in [0.15, 0.2) is 29.6 Å². The minimum absolute atomic E-state index is 0.194. The molecule has 1 amide bonds. The van der Waals surface area contributed by atoms with Crippen LogP contribution in [0, 0.1) is 0 Å². The third-order valence-electron chi connectivity index (χ3n) is 3.80. The Kier molecular flexibility index (Phi) is 5.66. The van der Waals surface area contributed by atoms with Crippen molar-refractivity contribution >= 4 is 33.8 Å². The van der Waals surface area contributed by atoms with E-state index in [0.29, 0.717) is 11.7 Å². The molecule has 0 spiro atoms. The van der Waals surface area contributed by atoms with Gasteiger partial charge < -0.3 is 20.7 Å². The van der Waals surface area contributed by atoms with Gasteiger partial charge in [0, 0.05) is 42.6 Å². The van der Waals surface area contributed by atoms with Gasteiger partial charge in [-0.25, -0.2) is 4.98 Å². The highest BCUT2D eigenvalue weighted by Crippen LogP contribution is 2.20. The first kappa shape index (κ1) is 16.7. The summed E-state index contributed by atoms with van der Waals surface area (Å²) in [5.41, 5.74) is 2.25. The number of nitrogens with one attached hydrogen (secondary N) is 3. The van der Waals surface area contributed by atoms with Crippen LogP contribution in [-0.4, -0.2) is 36.7 Å². The molecule has 2 aromatic rings. The van der Waals surface area contributed by atoms with E-state index in [2.05, 4.69) is 20.9 Å². The molecule has 1 aromatic heterocycles. The van der Waals surface area contributed by atoms with Crippen molar-refractivity contribution in [2.24, 2.45) is 0 Å². The van der Waals surface area contributed by atoms with E-state index in [0.717, 1.165) is 49.1 Å². The molecule has 0 aliphatic carbocycles. The number of rotatable bonds is 6. The number of carbonyl (C=O) groups excluding carboxylic acids is 1. The highest BCUT2D eigenvalue weighted by molar-refractivity contribution is 7.13. The Bertz CT molecular complexity index is 665. The minimum atomic E-state index is -0.194. The van der Waals surface area contributed by atoms with Crippen LogP contribution >= 0.6 is 11.3 Å². The average Bonchev–Trinajstić information content (AvgIpc) is 3.07. The van der Waals surface area contributed by atoms with E-state index in [1.54, 1.807) is 5.38 Å². The monoisotopic (exact) mass is 346 g/mol. The lowest BCUT2D eigenvalue weighted by Gasteiger charge is -2.24. The fraction of sp³-hybridized carbons (Fsp3) is 0.412. The molecule has 1 aliphatic rings. The average molecular weight is 346 g/mol. The van der Waals surface area contributed by atoms with Gasteiger partial charge in [-0.1, -0.05) is 0 Å². The van der Waals surface area contributed by atoms with Gasteiger partial charge in [-0.3, -0.25) is 4.79 Å². The van der Waals surface area contributed by atoms with E-state index >= 15 is 0 Å². The Morgan fingerprint density at radius 1 is 1.25 bits per heavy atom. The van der Waals surface area contributed by atoms with Gasteiger partial charge in [0.25, 0.3) is 5.91 Å². The van der Waals surface area contributed by atoms with E-state index in [4.69, 9.17) is 4.74 Å². The summed E-state index contributed by atoms with van der Waals surface area (Å²) >= 11 is 1.43. The second-order valence-corrected chi connectivity index (χ2v) is 6.49. The van der Waals surface area contributed by atoms with E-state index in [9.17, 15) is 4.79 Å². The molecule has 2 heterocycles. The Hall–Kier alpha value is -2.12. The summed E-state index contributed by atoms with van der Waals surface area (Å²) in [7, 11) is 0. The molecule has 6 nitrogen and oxygen atoms in total. The van der Waals surface area contributed by atoms with Crippen LogP contribution in [0.3, 0.4) is 0 Å². The molecule has 1 aliphatic heterocycles. The molecule has 128 valence electrons. The number of carbonyl (C=O) groups is 1. The van der Waals surface area contributed by atoms with Crippen molar-refractivity contribution in [1.82, 2.24) is 4.98 Å². The predicted molar refractivity (Wildman–Crippen MR) is 98.1 cm³/mol. The maximum atomic E-state index is 12.2. The number of thiazole rings is 1. The Morgan fingerprint density at radius 2 is 1.96 bits per heavy atom. The van der Waals surface area contributed by atoms with Gasteiger partial charge in [-0.05, 0) is 44.0 Å². The zero-order valence-electron chi connectivity index (χ0n) is 13.7. The number of ether oxygens (including phenoxy) is 1. The van der Waals surface area contributed by atoms with E-state index in [-0.39, 0.29) is 5.91 Å². The van der Waals surface area contributed by atoms with Gasteiger partial charge in [0.05, 0.1) is 0 Å². The largest absolute Gasteiger partial charge is 0.382 e. The van der Waals surface area contributed by atoms with Crippen molar-refractivity contribution < 1.29 is 9.53 Å². The molecule has 0 bridgehead atoms. The van der Waals surface area contributed by atoms with Gasteiger partial charge in [-0.15, -0.1) is 11.3 Å². The van der Waals surface area contributed by atoms with E-state index in [1.807, 2.05) is 31.2 Å². The highest BCUT2D eigenvalue weighted by atomic mass is 32.1. The summed E-state index contributed by atoms with van der Waals surface area (Å²) in [4.78, 5) is 16.5. The highest BCUT2D eigenvalue weighted by Gasteiger charge is 2.14. The van der Waals surface area contributed by atoms with Gasteiger partial charge in [-0.2, -0.15) is 0 Å². The van der Waals surface area contributed by atoms with Crippen LogP contribution in [0.2, 0.25) is 0 Å². The molecule has 3 N–H and O–H groups in total. The lowest BCUT2D eigenvalue weighted by atomic mass is 10.1. The lowest BCUT2D eigenvalue weighted by Crippen LogP contribution is -2.27. The first-order chi connectivity index (χ1) is 11.7. The van der Waals surface area contributed by atoms with Crippen LogP contribution in [0.5, 0.6) is 0 Å². The number of nitrogens with zero attached hydrogens (tertiary/aromatic N) is 1. The minimum Gasteiger partial charge on any atom is -0.382 e. The SMILES string of the molecule is CCNc1nc(C(=O)Nc2ccc(NC3CCOCC3)cc2)cs1. The van der Waals surface area contributed by atoms with Crippen molar-refractivity contribution in [3.8, 4) is 0 Å². The molecule has 0 saturated carbocycles. The van der Waals surface area contributed by atoms with Crippen molar-refractivity contribution in [1.29, 1.82) is 0 Å². The first-order valence-electron chi connectivity index (χ1n) is 8.19. The van der Waals surface area contributed by atoms with E-state index in [1.165, 1.54) is 11.3 Å². The Balaban J connectivity index is 1.55.